The number of fused-ring (bicyclic) bond motifs is 1. The maximum atomic E-state index is 10.2. The third-order valence-electron chi connectivity index (χ3n) is 4.15. The molecule has 0 heterocycles. The van der Waals surface area contributed by atoms with Crippen molar-refractivity contribution in [2.24, 2.45) is 5.73 Å². The molecule has 0 spiro atoms. The largest absolute Gasteiger partial charge is 0.508 e. The van der Waals surface area contributed by atoms with Crippen molar-refractivity contribution < 1.29 is 5.11 Å². The highest BCUT2D eigenvalue weighted by Gasteiger charge is 2.31. The average Bonchev–Trinajstić information content (AvgIpc) is 2.38. The highest BCUT2D eigenvalue weighted by atomic mass is 16.3. The predicted molar refractivity (Wildman–Crippen MR) is 74.6 cm³/mol. The van der Waals surface area contributed by atoms with Gasteiger partial charge in [0.15, 0.2) is 0 Å². The first kappa shape index (κ1) is 11.5. The Morgan fingerprint density at radius 3 is 2.22 bits per heavy atom. The molecule has 2 heteroatoms. The Balaban J connectivity index is 2.13. The molecule has 1 saturated carbocycles. The van der Waals surface area contributed by atoms with Gasteiger partial charge in [0.05, 0.1) is 0 Å². The van der Waals surface area contributed by atoms with Gasteiger partial charge in [-0.05, 0) is 35.7 Å². The molecule has 3 N–H and O–H groups in total. The summed E-state index contributed by atoms with van der Waals surface area (Å²) >= 11 is 0. The van der Waals surface area contributed by atoms with Crippen LogP contribution in [-0.4, -0.2) is 5.11 Å². The third-order valence-corrected chi connectivity index (χ3v) is 4.15. The van der Waals surface area contributed by atoms with Crippen LogP contribution in [0.3, 0.4) is 0 Å². The Hall–Kier alpha value is -1.54. The number of phenols is 1. The van der Waals surface area contributed by atoms with Gasteiger partial charge in [0, 0.05) is 11.1 Å². The fourth-order valence-electron chi connectivity index (χ4n) is 3.08. The molecule has 0 amide bonds. The van der Waals surface area contributed by atoms with Crippen molar-refractivity contribution in [3.63, 3.8) is 0 Å². The van der Waals surface area contributed by atoms with E-state index in [9.17, 15) is 5.11 Å². The van der Waals surface area contributed by atoms with Gasteiger partial charge in [0.25, 0.3) is 0 Å². The minimum atomic E-state index is -0.341. The molecule has 0 aromatic heterocycles. The van der Waals surface area contributed by atoms with Crippen molar-refractivity contribution in [2.45, 2.75) is 37.6 Å². The van der Waals surface area contributed by atoms with Crippen LogP contribution in [0.2, 0.25) is 0 Å². The van der Waals surface area contributed by atoms with Crippen molar-refractivity contribution in [1.29, 1.82) is 0 Å². The summed E-state index contributed by atoms with van der Waals surface area (Å²) in [5, 5.41) is 12.5. The summed E-state index contributed by atoms with van der Waals surface area (Å²) in [5.74, 6) is 0.345. The summed E-state index contributed by atoms with van der Waals surface area (Å²) in [4.78, 5) is 0. The van der Waals surface area contributed by atoms with Crippen molar-refractivity contribution in [1.82, 2.24) is 0 Å². The fourth-order valence-corrected chi connectivity index (χ4v) is 3.08. The molecule has 0 unspecified atom stereocenters. The average molecular weight is 241 g/mol. The van der Waals surface area contributed by atoms with E-state index in [-0.39, 0.29) is 5.54 Å². The van der Waals surface area contributed by atoms with Crippen molar-refractivity contribution >= 4 is 10.8 Å². The standard InChI is InChI=1S/C16H19NO/c17-16(8-4-1-5-9-16)14-10-12-6-2-3-7-13(12)11-15(14)18/h2-3,6-7,10-11,18H,1,4-5,8-9,17H2. The first-order valence-corrected chi connectivity index (χ1v) is 6.70. The molecule has 94 valence electrons. The van der Waals surface area contributed by atoms with Gasteiger partial charge in [0.2, 0.25) is 0 Å². The Bertz CT molecular complexity index is 570. The van der Waals surface area contributed by atoms with Crippen molar-refractivity contribution in [3.05, 3.63) is 42.0 Å². The number of benzene rings is 2. The van der Waals surface area contributed by atoms with Crippen LogP contribution in [-0.2, 0) is 5.54 Å². The van der Waals surface area contributed by atoms with Crippen LogP contribution >= 0.6 is 0 Å². The molecule has 0 atom stereocenters. The summed E-state index contributed by atoms with van der Waals surface area (Å²) in [5.41, 5.74) is 7.09. The normalized spacial score (nSPS) is 18.9. The van der Waals surface area contributed by atoms with E-state index in [1.807, 2.05) is 24.3 Å². The van der Waals surface area contributed by atoms with Crippen molar-refractivity contribution in [3.8, 4) is 5.75 Å². The summed E-state index contributed by atoms with van der Waals surface area (Å²) in [6, 6.07) is 12.0. The van der Waals surface area contributed by atoms with Gasteiger partial charge < -0.3 is 10.8 Å². The molecule has 0 saturated heterocycles. The zero-order valence-electron chi connectivity index (χ0n) is 10.5. The van der Waals surface area contributed by atoms with E-state index in [4.69, 9.17) is 5.73 Å². The lowest BCUT2D eigenvalue weighted by molar-refractivity contribution is 0.292. The molecule has 18 heavy (non-hydrogen) atoms. The second-order valence-corrected chi connectivity index (χ2v) is 5.43. The lowest BCUT2D eigenvalue weighted by Crippen LogP contribution is -2.38. The van der Waals surface area contributed by atoms with Crippen LogP contribution in [0.1, 0.15) is 37.7 Å². The van der Waals surface area contributed by atoms with E-state index in [0.29, 0.717) is 5.75 Å². The van der Waals surface area contributed by atoms with Crippen LogP contribution in [0.15, 0.2) is 36.4 Å². The summed E-state index contributed by atoms with van der Waals surface area (Å²) < 4.78 is 0. The monoisotopic (exact) mass is 241 g/mol. The highest BCUT2D eigenvalue weighted by Crippen LogP contribution is 2.40. The zero-order valence-corrected chi connectivity index (χ0v) is 10.5. The Morgan fingerprint density at radius 2 is 1.56 bits per heavy atom. The molecule has 2 nitrogen and oxygen atoms in total. The molecule has 1 fully saturated rings. The summed E-state index contributed by atoms with van der Waals surface area (Å²) in [6.07, 6.45) is 5.51. The molecule has 0 radical (unpaired) electrons. The molecule has 2 aromatic carbocycles. The van der Waals surface area contributed by atoms with Crippen LogP contribution in [0.5, 0.6) is 5.75 Å². The molecular formula is C16H19NO. The molecule has 0 bridgehead atoms. The lowest BCUT2D eigenvalue weighted by atomic mass is 9.76. The number of hydrogen-bond acceptors (Lipinski definition) is 2. The summed E-state index contributed by atoms with van der Waals surface area (Å²) in [7, 11) is 0. The number of aromatic hydroxyl groups is 1. The van der Waals surface area contributed by atoms with Gasteiger partial charge in [-0.2, -0.15) is 0 Å². The second-order valence-electron chi connectivity index (χ2n) is 5.43. The Morgan fingerprint density at radius 1 is 0.944 bits per heavy atom. The first-order valence-electron chi connectivity index (χ1n) is 6.70. The molecule has 1 aliphatic carbocycles. The van der Waals surface area contributed by atoms with Crippen molar-refractivity contribution in [2.75, 3.05) is 0 Å². The Labute approximate surface area is 107 Å². The number of phenolic OH excluding ortho intramolecular Hbond substituents is 1. The number of rotatable bonds is 1. The molecular weight excluding hydrogens is 222 g/mol. The quantitative estimate of drug-likeness (QED) is 0.800. The van der Waals surface area contributed by atoms with E-state index in [1.54, 1.807) is 0 Å². The maximum Gasteiger partial charge on any atom is 0.121 e. The smallest absolute Gasteiger partial charge is 0.121 e. The molecule has 2 aromatic rings. The summed E-state index contributed by atoms with van der Waals surface area (Å²) in [6.45, 7) is 0. The maximum absolute atomic E-state index is 10.2. The van der Waals surface area contributed by atoms with Gasteiger partial charge in [-0.1, -0.05) is 43.5 Å². The lowest BCUT2D eigenvalue weighted by Gasteiger charge is -2.34. The highest BCUT2D eigenvalue weighted by molar-refractivity contribution is 5.85. The fraction of sp³-hybridized carbons (Fsp3) is 0.375. The molecule has 3 rings (SSSR count). The minimum absolute atomic E-state index is 0.341. The molecule has 0 aliphatic heterocycles. The van der Waals surface area contributed by atoms with Gasteiger partial charge in [-0.15, -0.1) is 0 Å². The van der Waals surface area contributed by atoms with E-state index < -0.39 is 0 Å². The van der Waals surface area contributed by atoms with Crippen LogP contribution in [0.4, 0.5) is 0 Å². The topological polar surface area (TPSA) is 46.2 Å². The van der Waals surface area contributed by atoms with Crippen LogP contribution < -0.4 is 5.73 Å². The third kappa shape index (κ3) is 1.87. The molecule has 1 aliphatic rings. The SMILES string of the molecule is NC1(c2cc3ccccc3cc2O)CCCCC1. The van der Waals surface area contributed by atoms with E-state index in [2.05, 4.69) is 12.1 Å². The minimum Gasteiger partial charge on any atom is -0.508 e. The van der Waals surface area contributed by atoms with Gasteiger partial charge in [-0.3, -0.25) is 0 Å². The van der Waals surface area contributed by atoms with Gasteiger partial charge in [-0.25, -0.2) is 0 Å². The van der Waals surface area contributed by atoms with E-state index in [0.717, 1.165) is 42.0 Å². The number of hydrogen-bond donors (Lipinski definition) is 2. The van der Waals surface area contributed by atoms with Gasteiger partial charge in [0.1, 0.15) is 5.75 Å². The van der Waals surface area contributed by atoms with Crippen LogP contribution in [0, 0.1) is 0 Å². The second kappa shape index (κ2) is 4.29. The van der Waals surface area contributed by atoms with E-state index in [1.165, 1.54) is 6.42 Å². The Kier molecular flexibility index (Phi) is 2.75. The zero-order chi connectivity index (χ0) is 12.6. The van der Waals surface area contributed by atoms with Crippen LogP contribution in [0.25, 0.3) is 10.8 Å². The first-order chi connectivity index (χ1) is 8.69. The number of nitrogens with two attached hydrogens (primary N) is 1. The predicted octanol–water partition coefficient (Wildman–Crippen LogP) is 3.66. The van der Waals surface area contributed by atoms with E-state index >= 15 is 0 Å². The van der Waals surface area contributed by atoms with Gasteiger partial charge >= 0.3 is 0 Å².